The van der Waals surface area contributed by atoms with Crippen LogP contribution in [0.2, 0.25) is 0 Å². The van der Waals surface area contributed by atoms with Crippen molar-refractivity contribution in [2.24, 2.45) is 0 Å². The van der Waals surface area contributed by atoms with Gasteiger partial charge in [-0.1, -0.05) is 37.3 Å². The molecule has 0 fully saturated rings. The van der Waals surface area contributed by atoms with Crippen LogP contribution in [0, 0.1) is 0 Å². The molecule has 0 N–H and O–H groups in total. The second-order valence-electron chi connectivity index (χ2n) is 5.06. The Morgan fingerprint density at radius 2 is 1.86 bits per heavy atom. The van der Waals surface area contributed by atoms with Crippen LogP contribution in [0.4, 0.5) is 0 Å². The number of esters is 1. The summed E-state index contributed by atoms with van der Waals surface area (Å²) in [6.07, 6.45) is 1.52. The van der Waals surface area contributed by atoms with Gasteiger partial charge in [0.25, 0.3) is 5.91 Å². The molecule has 0 bridgehead atoms. The first-order valence-corrected chi connectivity index (χ1v) is 8.24. The van der Waals surface area contributed by atoms with Crippen LogP contribution in [0.5, 0.6) is 0 Å². The molecule has 0 heterocycles. The number of likely N-dealkylation sites (N-methyl/N-ethyl adjacent to an activating group) is 1. The Hall–Kier alpha value is -1.49. The summed E-state index contributed by atoms with van der Waals surface area (Å²) in [7, 11) is 1.71. The van der Waals surface area contributed by atoms with E-state index >= 15 is 0 Å². The summed E-state index contributed by atoms with van der Waals surface area (Å²) in [5.74, 6) is -0.519. The smallest absolute Gasteiger partial charge is 0.307 e. The third-order valence-corrected chi connectivity index (χ3v) is 4.12. The molecule has 0 radical (unpaired) electrons. The van der Waals surface area contributed by atoms with E-state index in [0.717, 1.165) is 5.56 Å². The number of carbonyl (C=O) groups is 2. The van der Waals surface area contributed by atoms with E-state index in [2.05, 4.69) is 0 Å². The van der Waals surface area contributed by atoms with E-state index in [9.17, 15) is 9.59 Å². The van der Waals surface area contributed by atoms with Crippen LogP contribution in [-0.4, -0.2) is 41.4 Å². The van der Waals surface area contributed by atoms with Gasteiger partial charge in [0, 0.05) is 18.8 Å². The monoisotopic (exact) mass is 309 g/mol. The zero-order valence-corrected chi connectivity index (χ0v) is 13.9. The van der Waals surface area contributed by atoms with E-state index < -0.39 is 6.10 Å². The van der Waals surface area contributed by atoms with Crippen LogP contribution in [-0.2, 0) is 20.9 Å². The molecule has 1 aromatic rings. The molecule has 0 aliphatic rings. The summed E-state index contributed by atoms with van der Waals surface area (Å²) in [6, 6.07) is 9.71. The predicted molar refractivity (Wildman–Crippen MR) is 86.1 cm³/mol. The van der Waals surface area contributed by atoms with Gasteiger partial charge in [-0.3, -0.25) is 9.59 Å². The molecule has 21 heavy (non-hydrogen) atoms. The molecule has 5 heteroatoms. The maximum atomic E-state index is 12.2. The summed E-state index contributed by atoms with van der Waals surface area (Å²) in [6.45, 7) is 4.08. The number of rotatable bonds is 7. The molecule has 116 valence electrons. The molecule has 0 saturated heterocycles. The lowest BCUT2D eigenvalue weighted by molar-refractivity contribution is -0.158. The third kappa shape index (κ3) is 6.21. The van der Waals surface area contributed by atoms with Gasteiger partial charge in [-0.2, -0.15) is 11.8 Å². The minimum Gasteiger partial charge on any atom is -0.453 e. The van der Waals surface area contributed by atoms with Crippen LogP contribution in [0.1, 0.15) is 25.8 Å². The van der Waals surface area contributed by atoms with Crippen LogP contribution in [0.25, 0.3) is 0 Å². The fraction of sp³-hybridized carbons (Fsp3) is 0.500. The number of hydrogen-bond acceptors (Lipinski definition) is 4. The Kier molecular flexibility index (Phi) is 7.29. The van der Waals surface area contributed by atoms with Crippen LogP contribution in [0.15, 0.2) is 30.3 Å². The van der Waals surface area contributed by atoms with E-state index in [-0.39, 0.29) is 17.1 Å². The van der Waals surface area contributed by atoms with Crippen molar-refractivity contribution in [2.75, 3.05) is 13.3 Å². The molecule has 0 aromatic heterocycles. The molecule has 0 saturated carbocycles. The Balaban J connectivity index is 2.48. The lowest BCUT2D eigenvalue weighted by Gasteiger charge is -2.22. The zero-order chi connectivity index (χ0) is 15.8. The van der Waals surface area contributed by atoms with Gasteiger partial charge in [0.1, 0.15) is 0 Å². The number of nitrogens with zero attached hydrogens (tertiary/aromatic N) is 1. The second kappa shape index (κ2) is 8.72. The fourth-order valence-electron chi connectivity index (χ4n) is 1.86. The highest BCUT2D eigenvalue weighted by Crippen LogP contribution is 2.12. The number of benzene rings is 1. The lowest BCUT2D eigenvalue weighted by atomic mass is 10.2. The molecule has 0 aliphatic carbocycles. The summed E-state index contributed by atoms with van der Waals surface area (Å²) in [5, 5.41) is 0.196. The molecule has 1 aromatic carbocycles. The predicted octanol–water partition coefficient (Wildman–Crippen LogP) is 2.72. The summed E-state index contributed by atoms with van der Waals surface area (Å²) < 4.78 is 5.20. The molecule has 0 unspecified atom stereocenters. The first kappa shape index (κ1) is 17.6. The lowest BCUT2D eigenvalue weighted by Crippen LogP contribution is -2.37. The molecule has 1 amide bonds. The fourth-order valence-corrected chi connectivity index (χ4v) is 2.16. The van der Waals surface area contributed by atoms with Gasteiger partial charge in [-0.25, -0.2) is 0 Å². The first-order chi connectivity index (χ1) is 9.93. The highest BCUT2D eigenvalue weighted by molar-refractivity contribution is 7.99. The van der Waals surface area contributed by atoms with Gasteiger partial charge in [-0.15, -0.1) is 0 Å². The summed E-state index contributed by atoms with van der Waals surface area (Å²) in [4.78, 5) is 25.5. The topological polar surface area (TPSA) is 46.6 Å². The second-order valence-corrected chi connectivity index (χ2v) is 6.34. The van der Waals surface area contributed by atoms with Crippen LogP contribution in [0.3, 0.4) is 0 Å². The van der Waals surface area contributed by atoms with Gasteiger partial charge in [0.2, 0.25) is 0 Å². The van der Waals surface area contributed by atoms with Crippen molar-refractivity contribution >= 4 is 23.6 Å². The van der Waals surface area contributed by atoms with Gasteiger partial charge in [-0.05, 0) is 18.7 Å². The normalized spacial score (nSPS) is 13.3. The van der Waals surface area contributed by atoms with E-state index in [1.165, 1.54) is 0 Å². The Morgan fingerprint density at radius 3 is 2.43 bits per heavy atom. The molecule has 4 nitrogen and oxygen atoms in total. The first-order valence-electron chi connectivity index (χ1n) is 6.95. The SMILES string of the molecule is CS[C@H](C)CC(=O)O[C@H](C)C(=O)N(C)Cc1ccccc1. The maximum Gasteiger partial charge on any atom is 0.307 e. The molecular weight excluding hydrogens is 286 g/mol. The van der Waals surface area contributed by atoms with Crippen molar-refractivity contribution in [1.82, 2.24) is 4.90 Å². The van der Waals surface area contributed by atoms with Gasteiger partial charge >= 0.3 is 5.97 Å². The van der Waals surface area contributed by atoms with Crippen molar-refractivity contribution in [2.45, 2.75) is 38.2 Å². The summed E-state index contributed by atoms with van der Waals surface area (Å²) in [5.41, 5.74) is 1.04. The maximum absolute atomic E-state index is 12.2. The minimum absolute atomic E-state index is 0.191. The van der Waals surface area contributed by atoms with E-state index in [4.69, 9.17) is 4.74 Å². The van der Waals surface area contributed by atoms with Gasteiger partial charge < -0.3 is 9.64 Å². The minimum atomic E-state index is -0.750. The number of hydrogen-bond donors (Lipinski definition) is 0. The van der Waals surface area contributed by atoms with Gasteiger partial charge in [0.15, 0.2) is 6.10 Å². The number of thioether (sulfide) groups is 1. The average Bonchev–Trinajstić information content (AvgIpc) is 2.46. The van der Waals surface area contributed by atoms with Crippen molar-refractivity contribution in [3.8, 4) is 0 Å². The van der Waals surface area contributed by atoms with Gasteiger partial charge in [0.05, 0.1) is 6.42 Å². The van der Waals surface area contributed by atoms with E-state index in [1.807, 2.05) is 43.5 Å². The van der Waals surface area contributed by atoms with Crippen molar-refractivity contribution in [3.63, 3.8) is 0 Å². The average molecular weight is 309 g/mol. The van der Waals surface area contributed by atoms with Crippen molar-refractivity contribution in [3.05, 3.63) is 35.9 Å². The van der Waals surface area contributed by atoms with Crippen molar-refractivity contribution in [1.29, 1.82) is 0 Å². The zero-order valence-electron chi connectivity index (χ0n) is 13.0. The molecular formula is C16H23NO3S. The quantitative estimate of drug-likeness (QED) is 0.727. The van der Waals surface area contributed by atoms with E-state index in [0.29, 0.717) is 13.0 Å². The Morgan fingerprint density at radius 1 is 1.24 bits per heavy atom. The molecule has 0 spiro atoms. The highest BCUT2D eigenvalue weighted by Gasteiger charge is 2.22. The Labute approximate surface area is 130 Å². The number of amides is 1. The molecule has 2 atom stereocenters. The third-order valence-electron chi connectivity index (χ3n) is 3.15. The van der Waals surface area contributed by atoms with Crippen molar-refractivity contribution < 1.29 is 14.3 Å². The summed E-state index contributed by atoms with van der Waals surface area (Å²) >= 11 is 1.60. The number of carbonyl (C=O) groups excluding carboxylic acids is 2. The standard InChI is InChI=1S/C16H23NO3S/c1-12(21-4)10-15(18)20-13(2)16(19)17(3)11-14-8-6-5-7-9-14/h5-9,12-13H,10-11H2,1-4H3/t12-,13-/m1/s1. The van der Waals surface area contributed by atoms with E-state index in [1.54, 1.807) is 30.6 Å². The molecule has 1 rings (SSSR count). The Bertz CT molecular complexity index is 464. The highest BCUT2D eigenvalue weighted by atomic mass is 32.2. The largest absolute Gasteiger partial charge is 0.453 e. The number of ether oxygens (including phenoxy) is 1. The van der Waals surface area contributed by atoms with Crippen LogP contribution >= 0.6 is 11.8 Å². The van der Waals surface area contributed by atoms with Crippen LogP contribution < -0.4 is 0 Å². The molecule has 0 aliphatic heterocycles.